The van der Waals surface area contributed by atoms with Crippen molar-refractivity contribution in [1.82, 2.24) is 4.90 Å². The molecule has 2 aromatic carbocycles. The third-order valence-corrected chi connectivity index (χ3v) is 4.42. The molecule has 1 N–H and O–H groups in total. The van der Waals surface area contributed by atoms with Crippen LogP contribution < -0.4 is 5.32 Å². The molecule has 0 saturated carbocycles. The van der Waals surface area contributed by atoms with Gasteiger partial charge in [0.2, 0.25) is 5.91 Å². The van der Waals surface area contributed by atoms with E-state index in [1.165, 1.54) is 4.90 Å². The standard InChI is InChI=1S/C21H22N2O4/c1-14-8-10-15(11-9-14)22-18(24)12-27-13-21(2,3)23-19(25)16-6-4-5-7-17(16)20(23)26/h4-11H,12-13H2,1-3H3,(H,22,24). The first kappa shape index (κ1) is 18.8. The number of carbonyl (C=O) groups is 3. The van der Waals surface area contributed by atoms with Crippen LogP contribution in [-0.2, 0) is 9.53 Å². The summed E-state index contributed by atoms with van der Waals surface area (Å²) in [6.07, 6.45) is 0. The van der Waals surface area contributed by atoms with E-state index in [9.17, 15) is 14.4 Å². The Bertz CT molecular complexity index is 852. The lowest BCUT2D eigenvalue weighted by molar-refractivity contribution is -0.121. The van der Waals surface area contributed by atoms with Crippen molar-refractivity contribution >= 4 is 23.4 Å². The van der Waals surface area contributed by atoms with Crippen LogP contribution in [0.15, 0.2) is 48.5 Å². The number of nitrogens with one attached hydrogen (secondary N) is 1. The van der Waals surface area contributed by atoms with Crippen LogP contribution in [0.2, 0.25) is 0 Å². The van der Waals surface area contributed by atoms with Gasteiger partial charge in [-0.05, 0) is 45.0 Å². The first-order valence-electron chi connectivity index (χ1n) is 8.72. The predicted octanol–water partition coefficient (Wildman–Crippen LogP) is 3.02. The van der Waals surface area contributed by atoms with Crippen molar-refractivity contribution in [2.24, 2.45) is 0 Å². The van der Waals surface area contributed by atoms with Crippen LogP contribution in [-0.4, -0.2) is 41.4 Å². The third-order valence-electron chi connectivity index (χ3n) is 4.42. The minimum absolute atomic E-state index is 0.0553. The molecule has 0 bridgehead atoms. The number of imide groups is 1. The summed E-state index contributed by atoms with van der Waals surface area (Å²) in [7, 11) is 0. The number of nitrogens with zero attached hydrogens (tertiary/aromatic N) is 1. The highest BCUT2D eigenvalue weighted by Crippen LogP contribution is 2.29. The second-order valence-electron chi connectivity index (χ2n) is 7.21. The molecule has 0 unspecified atom stereocenters. The second-order valence-corrected chi connectivity index (χ2v) is 7.21. The molecule has 0 atom stereocenters. The summed E-state index contributed by atoms with van der Waals surface area (Å²) in [6, 6.07) is 14.2. The second kappa shape index (κ2) is 7.32. The molecule has 140 valence electrons. The molecular formula is C21H22N2O4. The summed E-state index contributed by atoms with van der Waals surface area (Å²) in [5, 5.41) is 2.75. The van der Waals surface area contributed by atoms with E-state index in [1.54, 1.807) is 38.1 Å². The summed E-state index contributed by atoms with van der Waals surface area (Å²) in [5.74, 6) is -0.973. The number of ether oxygens (including phenoxy) is 1. The van der Waals surface area contributed by atoms with Crippen LogP contribution in [0.1, 0.15) is 40.1 Å². The Labute approximate surface area is 158 Å². The van der Waals surface area contributed by atoms with E-state index in [0.717, 1.165) is 5.56 Å². The van der Waals surface area contributed by atoms with E-state index in [0.29, 0.717) is 16.8 Å². The monoisotopic (exact) mass is 366 g/mol. The zero-order valence-corrected chi connectivity index (χ0v) is 15.6. The zero-order valence-electron chi connectivity index (χ0n) is 15.6. The number of fused-ring (bicyclic) bond motifs is 1. The zero-order chi connectivity index (χ0) is 19.6. The van der Waals surface area contributed by atoms with Crippen LogP contribution in [0, 0.1) is 6.92 Å². The topological polar surface area (TPSA) is 75.7 Å². The van der Waals surface area contributed by atoms with Crippen molar-refractivity contribution in [3.63, 3.8) is 0 Å². The third kappa shape index (κ3) is 3.90. The van der Waals surface area contributed by atoms with E-state index in [1.807, 2.05) is 31.2 Å². The number of benzene rings is 2. The SMILES string of the molecule is Cc1ccc(NC(=O)COCC(C)(C)N2C(=O)c3ccccc3C2=O)cc1. The Balaban J connectivity index is 1.57. The molecule has 1 heterocycles. The molecule has 1 aliphatic heterocycles. The molecule has 1 aliphatic rings. The van der Waals surface area contributed by atoms with Gasteiger partial charge in [-0.15, -0.1) is 0 Å². The lowest BCUT2D eigenvalue weighted by atomic mass is 10.0. The fourth-order valence-electron chi connectivity index (χ4n) is 3.03. The predicted molar refractivity (Wildman–Crippen MR) is 102 cm³/mol. The Hall–Kier alpha value is -2.99. The maximum atomic E-state index is 12.6. The lowest BCUT2D eigenvalue weighted by Gasteiger charge is -2.33. The van der Waals surface area contributed by atoms with Crippen molar-refractivity contribution in [3.8, 4) is 0 Å². The molecule has 6 nitrogen and oxygen atoms in total. The number of hydrogen-bond acceptors (Lipinski definition) is 4. The summed E-state index contributed by atoms with van der Waals surface area (Å²) in [5.41, 5.74) is 1.71. The van der Waals surface area contributed by atoms with Crippen LogP contribution in [0.25, 0.3) is 0 Å². The molecule has 0 radical (unpaired) electrons. The smallest absolute Gasteiger partial charge is 0.262 e. The highest BCUT2D eigenvalue weighted by atomic mass is 16.5. The molecule has 0 saturated heterocycles. The van der Waals surface area contributed by atoms with Crippen molar-refractivity contribution in [2.75, 3.05) is 18.5 Å². The van der Waals surface area contributed by atoms with E-state index < -0.39 is 5.54 Å². The number of carbonyl (C=O) groups excluding carboxylic acids is 3. The number of hydrogen-bond donors (Lipinski definition) is 1. The Morgan fingerprint density at radius 1 is 1.00 bits per heavy atom. The van der Waals surface area contributed by atoms with Crippen LogP contribution >= 0.6 is 0 Å². The largest absolute Gasteiger partial charge is 0.369 e. The first-order chi connectivity index (χ1) is 12.8. The molecule has 3 rings (SSSR count). The summed E-state index contributed by atoms with van der Waals surface area (Å²) in [6.45, 7) is 5.34. The van der Waals surface area contributed by atoms with Gasteiger partial charge in [-0.2, -0.15) is 0 Å². The van der Waals surface area contributed by atoms with E-state index in [-0.39, 0.29) is 30.9 Å². The van der Waals surface area contributed by atoms with Crippen LogP contribution in [0.4, 0.5) is 5.69 Å². The maximum absolute atomic E-state index is 12.6. The molecule has 6 heteroatoms. The van der Waals surface area contributed by atoms with Crippen LogP contribution in [0.5, 0.6) is 0 Å². The highest BCUT2D eigenvalue weighted by Gasteiger charge is 2.44. The van der Waals surface area contributed by atoms with Gasteiger partial charge < -0.3 is 10.1 Å². The van der Waals surface area contributed by atoms with Gasteiger partial charge in [0.05, 0.1) is 23.3 Å². The van der Waals surface area contributed by atoms with Gasteiger partial charge in [0.25, 0.3) is 11.8 Å². The highest BCUT2D eigenvalue weighted by molar-refractivity contribution is 6.21. The Morgan fingerprint density at radius 2 is 1.56 bits per heavy atom. The van der Waals surface area contributed by atoms with Crippen LogP contribution in [0.3, 0.4) is 0 Å². The van der Waals surface area contributed by atoms with Gasteiger partial charge >= 0.3 is 0 Å². The summed E-state index contributed by atoms with van der Waals surface area (Å²) in [4.78, 5) is 38.4. The minimum Gasteiger partial charge on any atom is -0.369 e. The molecule has 3 amide bonds. The number of anilines is 1. The average Bonchev–Trinajstić information content (AvgIpc) is 2.89. The van der Waals surface area contributed by atoms with E-state index in [2.05, 4.69) is 5.32 Å². The molecule has 2 aromatic rings. The number of aryl methyl sites for hydroxylation is 1. The quantitative estimate of drug-likeness (QED) is 0.798. The van der Waals surface area contributed by atoms with E-state index in [4.69, 9.17) is 4.74 Å². The molecule has 0 aromatic heterocycles. The molecule has 0 fully saturated rings. The van der Waals surface area contributed by atoms with Gasteiger partial charge in [0, 0.05) is 5.69 Å². The lowest BCUT2D eigenvalue weighted by Crippen LogP contribution is -2.50. The fraction of sp³-hybridized carbons (Fsp3) is 0.286. The van der Waals surface area contributed by atoms with Crippen molar-refractivity contribution in [2.45, 2.75) is 26.3 Å². The normalized spacial score (nSPS) is 13.7. The summed E-state index contributed by atoms with van der Waals surface area (Å²) < 4.78 is 5.51. The van der Waals surface area contributed by atoms with Gasteiger partial charge in [-0.25, -0.2) is 0 Å². The Morgan fingerprint density at radius 3 is 2.11 bits per heavy atom. The van der Waals surface area contributed by atoms with Crippen molar-refractivity contribution in [1.29, 1.82) is 0 Å². The van der Waals surface area contributed by atoms with Crippen molar-refractivity contribution < 1.29 is 19.1 Å². The van der Waals surface area contributed by atoms with Crippen molar-refractivity contribution in [3.05, 3.63) is 65.2 Å². The number of rotatable bonds is 6. The number of amides is 3. The molecule has 0 spiro atoms. The molecule has 0 aliphatic carbocycles. The Kier molecular flexibility index (Phi) is 5.10. The van der Waals surface area contributed by atoms with Gasteiger partial charge in [0.15, 0.2) is 0 Å². The first-order valence-corrected chi connectivity index (χ1v) is 8.72. The van der Waals surface area contributed by atoms with Gasteiger partial charge in [-0.1, -0.05) is 29.8 Å². The minimum atomic E-state index is -0.878. The molecule has 27 heavy (non-hydrogen) atoms. The fourth-order valence-corrected chi connectivity index (χ4v) is 3.03. The van der Waals surface area contributed by atoms with Gasteiger partial charge in [-0.3, -0.25) is 19.3 Å². The average molecular weight is 366 g/mol. The molecular weight excluding hydrogens is 344 g/mol. The maximum Gasteiger partial charge on any atom is 0.262 e. The van der Waals surface area contributed by atoms with Gasteiger partial charge in [0.1, 0.15) is 6.61 Å². The summed E-state index contributed by atoms with van der Waals surface area (Å²) >= 11 is 0. The van der Waals surface area contributed by atoms with E-state index >= 15 is 0 Å².